The van der Waals surface area contributed by atoms with E-state index < -0.39 is 23.9 Å². The van der Waals surface area contributed by atoms with Gasteiger partial charge in [0.2, 0.25) is 0 Å². The molecule has 1 atom stereocenters. The SMILES string of the molecule is CCCN(C(=O)N[C@@H](CSCc1ccccc1)C(=O)O)C(=O)c1cccc(C#Cc2ccc(Br)cc2)c1. The van der Waals surface area contributed by atoms with Crippen LogP contribution in [0.2, 0.25) is 0 Å². The molecule has 0 aliphatic carbocycles. The fraction of sp³-hybridized carbons (Fsp3) is 0.207. The molecule has 3 aromatic carbocycles. The van der Waals surface area contributed by atoms with Crippen molar-refractivity contribution in [1.82, 2.24) is 10.2 Å². The Morgan fingerprint density at radius 1 is 0.973 bits per heavy atom. The van der Waals surface area contributed by atoms with Crippen LogP contribution in [0, 0.1) is 11.8 Å². The molecule has 0 unspecified atom stereocenters. The summed E-state index contributed by atoms with van der Waals surface area (Å²) in [5.74, 6) is 5.23. The van der Waals surface area contributed by atoms with Crippen LogP contribution in [-0.2, 0) is 10.5 Å². The second kappa shape index (κ2) is 14.3. The third kappa shape index (κ3) is 8.81. The number of halogens is 1. The summed E-state index contributed by atoms with van der Waals surface area (Å²) in [5, 5.41) is 12.2. The number of nitrogens with one attached hydrogen (secondary N) is 1. The molecule has 0 aliphatic heterocycles. The van der Waals surface area contributed by atoms with Crippen LogP contribution >= 0.6 is 27.7 Å². The summed E-state index contributed by atoms with van der Waals surface area (Å²) in [7, 11) is 0. The van der Waals surface area contributed by atoms with E-state index in [9.17, 15) is 19.5 Å². The zero-order chi connectivity index (χ0) is 26.6. The first-order valence-corrected chi connectivity index (χ1v) is 13.7. The van der Waals surface area contributed by atoms with Crippen molar-refractivity contribution in [3.63, 3.8) is 0 Å². The molecule has 2 N–H and O–H groups in total. The van der Waals surface area contributed by atoms with E-state index in [0.29, 0.717) is 23.3 Å². The van der Waals surface area contributed by atoms with Crippen LogP contribution in [0.3, 0.4) is 0 Å². The summed E-state index contributed by atoms with van der Waals surface area (Å²) in [4.78, 5) is 39.1. The molecule has 0 fully saturated rings. The minimum absolute atomic E-state index is 0.156. The zero-order valence-corrected chi connectivity index (χ0v) is 22.7. The predicted octanol–water partition coefficient (Wildman–Crippen LogP) is 5.80. The van der Waals surface area contributed by atoms with Gasteiger partial charge in [-0.25, -0.2) is 9.59 Å². The standard InChI is InChI=1S/C29H27BrN2O4S/c1-2-17-32(29(36)31-26(28(34)35)20-37-19-23-7-4-3-5-8-23)27(33)24-10-6-9-22(18-24)12-11-21-13-15-25(30)16-14-21/h3-10,13-16,18,26H,2,17,19-20H2,1H3,(H,31,36)(H,34,35)/t26-/m0/s1. The van der Waals surface area contributed by atoms with E-state index in [4.69, 9.17) is 0 Å². The van der Waals surface area contributed by atoms with Crippen molar-refractivity contribution < 1.29 is 19.5 Å². The summed E-state index contributed by atoms with van der Waals surface area (Å²) >= 11 is 4.80. The lowest BCUT2D eigenvalue weighted by Crippen LogP contribution is -2.51. The maximum absolute atomic E-state index is 13.2. The first-order chi connectivity index (χ1) is 17.9. The number of benzene rings is 3. The second-order valence-electron chi connectivity index (χ2n) is 8.14. The number of aliphatic carboxylic acids is 1. The zero-order valence-electron chi connectivity index (χ0n) is 20.3. The van der Waals surface area contributed by atoms with Crippen LogP contribution in [0.1, 0.15) is 40.4 Å². The number of imide groups is 1. The smallest absolute Gasteiger partial charge is 0.327 e. The first kappa shape index (κ1) is 28.0. The summed E-state index contributed by atoms with van der Waals surface area (Å²) in [6.07, 6.45) is 0.530. The van der Waals surface area contributed by atoms with Crippen molar-refractivity contribution in [3.8, 4) is 11.8 Å². The van der Waals surface area contributed by atoms with Gasteiger partial charge in [0.25, 0.3) is 5.91 Å². The molecule has 0 spiro atoms. The second-order valence-corrected chi connectivity index (χ2v) is 10.1. The molecule has 0 heterocycles. The summed E-state index contributed by atoms with van der Waals surface area (Å²) in [6, 6.07) is 22.1. The number of amides is 3. The number of carbonyl (C=O) groups is 3. The predicted molar refractivity (Wildman–Crippen MR) is 150 cm³/mol. The number of carboxylic acids is 1. The first-order valence-electron chi connectivity index (χ1n) is 11.7. The maximum Gasteiger partial charge on any atom is 0.327 e. The Morgan fingerprint density at radius 3 is 2.35 bits per heavy atom. The minimum Gasteiger partial charge on any atom is -0.480 e. The molecule has 0 saturated heterocycles. The van der Waals surface area contributed by atoms with Gasteiger partial charge in [0.15, 0.2) is 0 Å². The molecule has 0 radical (unpaired) electrons. The lowest BCUT2D eigenvalue weighted by atomic mass is 10.1. The number of carbonyl (C=O) groups excluding carboxylic acids is 2. The van der Waals surface area contributed by atoms with Gasteiger partial charge in [0.1, 0.15) is 6.04 Å². The Labute approximate surface area is 229 Å². The Kier molecular flexibility index (Phi) is 10.8. The van der Waals surface area contributed by atoms with Gasteiger partial charge in [0, 0.05) is 39.2 Å². The van der Waals surface area contributed by atoms with Gasteiger partial charge in [-0.1, -0.05) is 71.1 Å². The fourth-order valence-electron chi connectivity index (χ4n) is 3.35. The Morgan fingerprint density at radius 2 is 1.68 bits per heavy atom. The number of rotatable bonds is 9. The van der Waals surface area contributed by atoms with E-state index in [1.165, 1.54) is 11.8 Å². The van der Waals surface area contributed by atoms with Crippen LogP contribution in [0.15, 0.2) is 83.3 Å². The van der Waals surface area contributed by atoms with Gasteiger partial charge in [-0.2, -0.15) is 11.8 Å². The van der Waals surface area contributed by atoms with Crippen LogP contribution in [0.5, 0.6) is 0 Å². The largest absolute Gasteiger partial charge is 0.480 e. The summed E-state index contributed by atoms with van der Waals surface area (Å²) in [5.41, 5.74) is 2.83. The highest BCUT2D eigenvalue weighted by Gasteiger charge is 2.27. The average molecular weight is 580 g/mol. The van der Waals surface area contributed by atoms with E-state index in [1.807, 2.05) is 61.5 Å². The van der Waals surface area contributed by atoms with E-state index in [1.54, 1.807) is 24.3 Å². The molecule has 37 heavy (non-hydrogen) atoms. The van der Waals surface area contributed by atoms with Crippen LogP contribution in [0.25, 0.3) is 0 Å². The highest BCUT2D eigenvalue weighted by atomic mass is 79.9. The highest BCUT2D eigenvalue weighted by Crippen LogP contribution is 2.15. The van der Waals surface area contributed by atoms with Crippen LogP contribution in [-0.4, -0.2) is 46.3 Å². The fourth-order valence-corrected chi connectivity index (χ4v) is 4.62. The molecule has 8 heteroatoms. The maximum atomic E-state index is 13.2. The molecule has 0 bridgehead atoms. The van der Waals surface area contributed by atoms with Crippen molar-refractivity contribution >= 4 is 45.6 Å². The molecule has 0 saturated carbocycles. The summed E-state index contributed by atoms with van der Waals surface area (Å²) < 4.78 is 0.958. The van der Waals surface area contributed by atoms with E-state index in [-0.39, 0.29) is 12.3 Å². The van der Waals surface area contributed by atoms with Crippen molar-refractivity contribution in [2.24, 2.45) is 0 Å². The van der Waals surface area contributed by atoms with Gasteiger partial charge in [-0.3, -0.25) is 9.69 Å². The number of thioether (sulfide) groups is 1. The Bertz CT molecular complexity index is 1290. The quantitative estimate of drug-likeness (QED) is 0.313. The van der Waals surface area contributed by atoms with Crippen molar-refractivity contribution in [2.75, 3.05) is 12.3 Å². The van der Waals surface area contributed by atoms with E-state index in [0.717, 1.165) is 20.5 Å². The van der Waals surface area contributed by atoms with Crippen molar-refractivity contribution in [2.45, 2.75) is 25.1 Å². The number of hydrogen-bond acceptors (Lipinski definition) is 4. The topological polar surface area (TPSA) is 86.7 Å². The van der Waals surface area contributed by atoms with Gasteiger partial charge in [-0.05, 0) is 54.4 Å². The number of urea groups is 1. The molecule has 0 aromatic heterocycles. The molecular formula is C29H27BrN2O4S. The van der Waals surface area contributed by atoms with Crippen LogP contribution < -0.4 is 5.32 Å². The molecule has 3 amide bonds. The van der Waals surface area contributed by atoms with E-state index >= 15 is 0 Å². The van der Waals surface area contributed by atoms with Crippen molar-refractivity contribution in [1.29, 1.82) is 0 Å². The van der Waals surface area contributed by atoms with Gasteiger partial charge >= 0.3 is 12.0 Å². The van der Waals surface area contributed by atoms with Crippen LogP contribution in [0.4, 0.5) is 4.79 Å². The molecule has 190 valence electrons. The monoisotopic (exact) mass is 578 g/mol. The highest BCUT2D eigenvalue weighted by molar-refractivity contribution is 9.10. The lowest BCUT2D eigenvalue weighted by Gasteiger charge is -2.23. The molecule has 6 nitrogen and oxygen atoms in total. The molecule has 3 aromatic rings. The van der Waals surface area contributed by atoms with E-state index in [2.05, 4.69) is 33.1 Å². The minimum atomic E-state index is -1.15. The third-order valence-electron chi connectivity index (χ3n) is 5.23. The van der Waals surface area contributed by atoms with Gasteiger partial charge < -0.3 is 10.4 Å². The molecular weight excluding hydrogens is 552 g/mol. The summed E-state index contributed by atoms with van der Waals surface area (Å²) in [6.45, 7) is 2.00. The number of hydrogen-bond donors (Lipinski definition) is 2. The molecule has 3 rings (SSSR count). The Balaban J connectivity index is 1.69. The normalized spacial score (nSPS) is 11.1. The average Bonchev–Trinajstić information content (AvgIpc) is 2.91. The van der Waals surface area contributed by atoms with Gasteiger partial charge in [0.05, 0.1) is 0 Å². The Hall–Kier alpha value is -3.54. The number of nitrogens with zero attached hydrogens (tertiary/aromatic N) is 1. The lowest BCUT2D eigenvalue weighted by molar-refractivity contribution is -0.138. The molecule has 0 aliphatic rings. The third-order valence-corrected chi connectivity index (χ3v) is 6.87. The van der Waals surface area contributed by atoms with Crippen molar-refractivity contribution in [3.05, 3.63) is 106 Å². The number of carboxylic acid groups (broad SMARTS) is 1. The van der Waals surface area contributed by atoms with Gasteiger partial charge in [-0.15, -0.1) is 0 Å².